The van der Waals surface area contributed by atoms with Gasteiger partial charge in [0.2, 0.25) is 0 Å². The van der Waals surface area contributed by atoms with E-state index in [0.717, 1.165) is 134 Å². The van der Waals surface area contributed by atoms with Crippen LogP contribution < -0.4 is 52.4 Å². The highest BCUT2D eigenvalue weighted by atomic mass is 19.1. The van der Waals surface area contributed by atoms with Crippen molar-refractivity contribution in [1.29, 1.82) is 0 Å². The average Bonchev–Trinajstić information content (AvgIpc) is 0.726. The third-order valence-electron chi connectivity index (χ3n) is 20.9. The molecule has 0 amide bonds. The smallest absolute Gasteiger partial charge is 0.252 e. The van der Waals surface area contributed by atoms with Gasteiger partial charge in [-0.1, -0.05) is 169 Å². The van der Waals surface area contributed by atoms with Crippen molar-refractivity contribution < 1.29 is 17.6 Å². The molecule has 12 heteroatoms. The van der Waals surface area contributed by atoms with Crippen LogP contribution in [0.25, 0.3) is 55.0 Å². The number of fused-ring (bicyclic) bond motifs is 14. The maximum Gasteiger partial charge on any atom is 0.252 e. The number of hydrogen-bond acceptors (Lipinski definition) is 4. The van der Waals surface area contributed by atoms with Gasteiger partial charge < -0.3 is 28.7 Å². The summed E-state index contributed by atoms with van der Waals surface area (Å²) in [6, 6.07) is 89.4. The summed E-state index contributed by atoms with van der Waals surface area (Å²) in [5.74, 6) is -2.97. The molecule has 0 saturated heterocycles. The summed E-state index contributed by atoms with van der Waals surface area (Å²) < 4.78 is 71.5. The van der Waals surface area contributed by atoms with Crippen molar-refractivity contribution in [2.75, 3.05) is 19.6 Å². The van der Waals surface area contributed by atoms with Gasteiger partial charge in [-0.05, 0) is 182 Å². The van der Waals surface area contributed by atoms with Crippen LogP contribution in [0.5, 0.6) is 0 Å². The molecule has 0 spiro atoms. The molecule has 0 bridgehead atoms. The normalized spacial score (nSPS) is 13.7. The number of rotatable bonds is 6. The maximum atomic E-state index is 16.7. The lowest BCUT2D eigenvalue weighted by atomic mass is 9.30. The van der Waals surface area contributed by atoms with Crippen LogP contribution in [-0.2, 0) is 10.8 Å². The molecule has 0 unspecified atom stereocenters. The summed E-state index contributed by atoms with van der Waals surface area (Å²) in [5.41, 5.74) is 22.4. The van der Waals surface area contributed by atoms with Gasteiger partial charge in [0.25, 0.3) is 13.4 Å². The molecule has 0 fully saturated rings. The standard InChI is InChI=1S/C86H62B2F4N6/c1-85(2,3)51-33-35-73-65(37-51)63-25-13-17-29-71(63)95(73)61-45-79-83-81(47-61)97(59-41-53(89)39-54(90)42-59)77-50-78-70(49-69(77)87(83)67-27-15-19-31-75(67)93(79)57-21-9-7-10-22-57)88-68-28-16-20-32-76(68)94(58-23-11-8-12-24-58)80-46-62(48-82(84(80)88)98(78)60-43-55(91)40-56(92)44-60)96-72-30-18-14-26-64(72)66-38-52(86(4,5)6)34-36-74(66)96/h7-50H,1-6H3. The van der Waals surface area contributed by atoms with Crippen LogP contribution in [0.15, 0.2) is 267 Å². The zero-order chi connectivity index (χ0) is 66.4. The van der Waals surface area contributed by atoms with Crippen LogP contribution in [-0.4, -0.2) is 22.6 Å². The lowest BCUT2D eigenvalue weighted by Gasteiger charge is -2.47. The van der Waals surface area contributed by atoms with E-state index < -0.39 is 36.7 Å². The van der Waals surface area contributed by atoms with Crippen molar-refractivity contribution >= 4 is 158 Å². The molecule has 4 aliphatic heterocycles. The number of benzene rings is 13. The lowest BCUT2D eigenvalue weighted by Crippen LogP contribution is -2.65. The van der Waals surface area contributed by atoms with Crippen molar-refractivity contribution in [3.8, 4) is 11.4 Å². The lowest BCUT2D eigenvalue weighted by molar-refractivity contribution is 0.583. The second-order valence-corrected chi connectivity index (χ2v) is 28.7. The fraction of sp³-hybridized carbons (Fsp3) is 0.0930. The van der Waals surface area contributed by atoms with Crippen molar-refractivity contribution in [3.63, 3.8) is 0 Å². The average molecular weight is 1280 g/mol. The fourth-order valence-corrected chi connectivity index (χ4v) is 16.7. The Labute approximate surface area is 566 Å². The highest BCUT2D eigenvalue weighted by molar-refractivity contribution is 7.03. The largest absolute Gasteiger partial charge is 0.311 e. The van der Waals surface area contributed by atoms with Gasteiger partial charge in [-0.15, -0.1) is 0 Å². The van der Waals surface area contributed by atoms with E-state index in [2.05, 4.69) is 279 Å². The van der Waals surface area contributed by atoms with Crippen molar-refractivity contribution in [2.45, 2.75) is 52.4 Å². The minimum absolute atomic E-state index is 0.129. The van der Waals surface area contributed by atoms with Gasteiger partial charge in [0.1, 0.15) is 23.3 Å². The molecule has 19 rings (SSSR count). The SMILES string of the molecule is CC(C)(C)c1ccc2c(c1)c1ccccc1n2-c1cc2c3c(c1)N(c1cc(F)cc(F)c1)c1cc4c(cc1B3c1ccccc1N2c1ccccc1)B1c2ccccc2N(c2ccccc2)c2cc(-n3c5ccccc5c5cc(C(C)(C)C)ccc53)cc(c21)N4c1cc(F)cc(F)c1. The number of aromatic nitrogens is 2. The Bertz CT molecular complexity index is 5510. The number of hydrogen-bond donors (Lipinski definition) is 0. The summed E-state index contributed by atoms with van der Waals surface area (Å²) in [7, 11) is 0. The second-order valence-electron chi connectivity index (χ2n) is 28.7. The van der Waals surface area contributed by atoms with E-state index in [0.29, 0.717) is 22.7 Å². The van der Waals surface area contributed by atoms with E-state index in [4.69, 9.17) is 0 Å². The van der Waals surface area contributed by atoms with E-state index in [1.54, 1.807) is 0 Å². The molecule has 2 aromatic heterocycles. The Morgan fingerprint density at radius 1 is 0.245 bits per heavy atom. The first-order valence-corrected chi connectivity index (χ1v) is 33.5. The molecule has 0 radical (unpaired) electrons. The molecule has 0 saturated carbocycles. The van der Waals surface area contributed by atoms with Crippen molar-refractivity contribution in [3.05, 3.63) is 301 Å². The van der Waals surface area contributed by atoms with Gasteiger partial charge in [-0.2, -0.15) is 0 Å². The molecule has 470 valence electrons. The molecule has 6 nitrogen and oxygen atoms in total. The Hall–Kier alpha value is -11.5. The molecule has 15 aromatic rings. The van der Waals surface area contributed by atoms with Crippen LogP contribution in [0.4, 0.5) is 85.8 Å². The fourth-order valence-electron chi connectivity index (χ4n) is 16.7. The molecule has 0 N–H and O–H groups in total. The molecule has 98 heavy (non-hydrogen) atoms. The first kappa shape index (κ1) is 57.9. The van der Waals surface area contributed by atoms with Crippen LogP contribution in [0.1, 0.15) is 52.7 Å². The number of anilines is 12. The van der Waals surface area contributed by atoms with E-state index in [1.165, 1.54) is 35.4 Å². The Balaban J connectivity index is 0.954. The van der Waals surface area contributed by atoms with Crippen molar-refractivity contribution in [1.82, 2.24) is 9.13 Å². The van der Waals surface area contributed by atoms with Crippen LogP contribution in [0, 0.1) is 23.3 Å². The van der Waals surface area contributed by atoms with E-state index >= 15 is 17.6 Å². The molecular weight excluding hydrogens is 1210 g/mol. The minimum atomic E-state index is -0.743. The van der Waals surface area contributed by atoms with Crippen LogP contribution in [0.3, 0.4) is 0 Å². The highest BCUT2D eigenvalue weighted by Gasteiger charge is 2.49. The topological polar surface area (TPSA) is 22.8 Å². The van der Waals surface area contributed by atoms with Gasteiger partial charge in [-0.25, -0.2) is 17.6 Å². The summed E-state index contributed by atoms with van der Waals surface area (Å²) >= 11 is 0. The number of para-hydroxylation sites is 6. The summed E-state index contributed by atoms with van der Waals surface area (Å²) in [4.78, 5) is 8.73. The number of halogens is 4. The van der Waals surface area contributed by atoms with Gasteiger partial charge in [0.15, 0.2) is 0 Å². The summed E-state index contributed by atoms with van der Waals surface area (Å²) in [6.07, 6.45) is 0. The predicted molar refractivity (Wildman–Crippen MR) is 400 cm³/mol. The minimum Gasteiger partial charge on any atom is -0.311 e. The number of nitrogens with zero attached hydrogens (tertiary/aromatic N) is 6. The van der Waals surface area contributed by atoms with Gasteiger partial charge >= 0.3 is 0 Å². The predicted octanol–water partition coefficient (Wildman–Crippen LogP) is 19.2. The zero-order valence-electron chi connectivity index (χ0n) is 54.8. The zero-order valence-corrected chi connectivity index (χ0v) is 54.8. The summed E-state index contributed by atoms with van der Waals surface area (Å²) in [6.45, 7) is 12.5. The van der Waals surface area contributed by atoms with Crippen molar-refractivity contribution in [2.24, 2.45) is 0 Å². The third-order valence-corrected chi connectivity index (χ3v) is 20.9. The quantitative estimate of drug-likeness (QED) is 0.122. The molecule has 0 atom stereocenters. The Kier molecular flexibility index (Phi) is 12.4. The van der Waals surface area contributed by atoms with Crippen LogP contribution in [0.2, 0.25) is 0 Å². The van der Waals surface area contributed by atoms with E-state index in [1.807, 2.05) is 21.9 Å². The molecule has 0 aliphatic carbocycles. The Morgan fingerprint density at radius 3 is 0.969 bits per heavy atom. The highest BCUT2D eigenvalue weighted by Crippen LogP contribution is 2.52. The van der Waals surface area contributed by atoms with E-state index in [9.17, 15) is 0 Å². The molecule has 13 aromatic carbocycles. The first-order chi connectivity index (χ1) is 47.5. The van der Waals surface area contributed by atoms with Gasteiger partial charge in [0, 0.05) is 90.6 Å². The molecule has 6 heterocycles. The maximum absolute atomic E-state index is 16.7. The monoisotopic (exact) mass is 1280 g/mol. The summed E-state index contributed by atoms with van der Waals surface area (Å²) in [5, 5.41) is 4.39. The molecule has 4 aliphatic rings. The first-order valence-electron chi connectivity index (χ1n) is 33.5. The van der Waals surface area contributed by atoms with Crippen LogP contribution >= 0.6 is 0 Å². The third kappa shape index (κ3) is 8.55. The van der Waals surface area contributed by atoms with Gasteiger partial charge in [0.05, 0.1) is 44.8 Å². The van der Waals surface area contributed by atoms with Gasteiger partial charge in [-0.3, -0.25) is 0 Å². The Morgan fingerprint density at radius 2 is 0.582 bits per heavy atom. The van der Waals surface area contributed by atoms with E-state index in [-0.39, 0.29) is 22.2 Å². The second kappa shape index (κ2) is 21.0. The molecular formula is C86H62B2F4N6.